The number of hydrogen-bond donors (Lipinski definition) is 1. The largest absolute Gasteiger partial charge is 0.360 e. The van der Waals surface area contributed by atoms with Crippen LogP contribution >= 0.6 is 0 Å². The molecular weight excluding hydrogens is 339 g/mol. The van der Waals surface area contributed by atoms with Crippen LogP contribution in [0.5, 0.6) is 0 Å². The molecule has 0 spiro atoms. The van der Waals surface area contributed by atoms with Gasteiger partial charge in [-0.15, -0.1) is 0 Å². The van der Waals surface area contributed by atoms with Gasteiger partial charge >= 0.3 is 0 Å². The molecule has 0 bridgehead atoms. The van der Waals surface area contributed by atoms with E-state index in [2.05, 4.69) is 42.4 Å². The number of fused-ring (bicyclic) bond motifs is 1. The molecular formula is C23H21FN2O. The fourth-order valence-corrected chi connectivity index (χ4v) is 3.57. The third-order valence-electron chi connectivity index (χ3n) is 5.06. The van der Waals surface area contributed by atoms with Gasteiger partial charge in [-0.3, -0.25) is 4.79 Å². The number of carbonyl (C=O) groups is 1. The zero-order valence-corrected chi connectivity index (χ0v) is 15.2. The molecule has 1 amide bonds. The van der Waals surface area contributed by atoms with E-state index < -0.39 is 0 Å². The first-order valence-electron chi connectivity index (χ1n) is 9.10. The summed E-state index contributed by atoms with van der Waals surface area (Å²) < 4.78 is 13.2. The molecule has 2 heterocycles. The molecule has 0 fully saturated rings. The Kier molecular flexibility index (Phi) is 4.63. The van der Waals surface area contributed by atoms with Crippen LogP contribution in [-0.4, -0.2) is 28.9 Å². The molecule has 0 saturated carbocycles. The lowest BCUT2D eigenvalue weighted by Gasteiger charge is -2.25. The molecule has 4 heteroatoms. The van der Waals surface area contributed by atoms with Crippen molar-refractivity contribution in [2.75, 3.05) is 13.1 Å². The smallest absolute Gasteiger partial charge is 0.246 e. The first kappa shape index (κ1) is 17.3. The number of aromatic nitrogens is 1. The molecule has 27 heavy (non-hydrogen) atoms. The van der Waals surface area contributed by atoms with Gasteiger partial charge in [0.25, 0.3) is 0 Å². The lowest BCUT2D eigenvalue weighted by Crippen LogP contribution is -2.33. The van der Waals surface area contributed by atoms with Gasteiger partial charge in [-0.1, -0.05) is 36.4 Å². The number of nitrogens with one attached hydrogen (secondary N) is 1. The molecule has 0 atom stereocenters. The Hall–Kier alpha value is -3.14. The first-order chi connectivity index (χ1) is 13.1. The zero-order chi connectivity index (χ0) is 18.8. The first-order valence-corrected chi connectivity index (χ1v) is 9.10. The summed E-state index contributed by atoms with van der Waals surface area (Å²) >= 11 is 0. The normalized spacial score (nSPS) is 14.7. The van der Waals surface area contributed by atoms with Gasteiger partial charge in [-0.05, 0) is 48.3 Å². The second kappa shape index (κ2) is 7.23. The number of hydrogen-bond acceptors (Lipinski definition) is 1. The Morgan fingerprint density at radius 3 is 2.85 bits per heavy atom. The van der Waals surface area contributed by atoms with Gasteiger partial charge in [0.1, 0.15) is 5.82 Å². The van der Waals surface area contributed by atoms with E-state index in [1.54, 1.807) is 23.1 Å². The van der Waals surface area contributed by atoms with Crippen LogP contribution in [-0.2, 0) is 4.79 Å². The minimum absolute atomic E-state index is 0.0515. The van der Waals surface area contributed by atoms with Gasteiger partial charge in [0.2, 0.25) is 5.91 Å². The van der Waals surface area contributed by atoms with E-state index in [9.17, 15) is 9.18 Å². The molecule has 0 saturated heterocycles. The van der Waals surface area contributed by atoms with Crippen molar-refractivity contribution < 1.29 is 9.18 Å². The van der Waals surface area contributed by atoms with Gasteiger partial charge in [0, 0.05) is 41.8 Å². The molecule has 0 aliphatic carbocycles. The standard InChI is InChI=1S/C23H21FN2O/c1-16-4-2-7-20-21(15-25-23(16)20)18-10-12-26(13-11-18)22(27)9-8-17-5-3-6-19(24)14-17/h2-10,14-15,25H,11-13H2,1H3/b9-8+. The Bertz CT molecular complexity index is 1060. The molecule has 4 rings (SSSR count). The maximum Gasteiger partial charge on any atom is 0.246 e. The van der Waals surface area contributed by atoms with Crippen molar-refractivity contribution in [2.45, 2.75) is 13.3 Å². The maximum absolute atomic E-state index is 13.2. The van der Waals surface area contributed by atoms with Crippen LogP contribution < -0.4 is 0 Å². The molecule has 1 aliphatic rings. The summed E-state index contributed by atoms with van der Waals surface area (Å²) in [5.41, 5.74) is 5.58. The number of benzene rings is 2. The summed E-state index contributed by atoms with van der Waals surface area (Å²) in [6, 6.07) is 12.5. The fraction of sp³-hybridized carbons (Fsp3) is 0.174. The molecule has 2 aromatic carbocycles. The minimum Gasteiger partial charge on any atom is -0.360 e. The second-order valence-electron chi connectivity index (χ2n) is 6.85. The zero-order valence-electron chi connectivity index (χ0n) is 15.2. The van der Waals surface area contributed by atoms with E-state index in [1.807, 2.05) is 0 Å². The van der Waals surface area contributed by atoms with E-state index in [0.29, 0.717) is 18.7 Å². The molecule has 1 aromatic heterocycles. The van der Waals surface area contributed by atoms with Crippen molar-refractivity contribution in [1.29, 1.82) is 0 Å². The Labute approximate surface area is 157 Å². The van der Waals surface area contributed by atoms with Crippen LogP contribution in [0.25, 0.3) is 22.6 Å². The molecule has 136 valence electrons. The third kappa shape index (κ3) is 3.56. The molecule has 1 N–H and O–H groups in total. The van der Waals surface area contributed by atoms with Crippen molar-refractivity contribution in [3.05, 3.63) is 83.3 Å². The average Bonchev–Trinajstić information content (AvgIpc) is 3.12. The van der Waals surface area contributed by atoms with Crippen molar-refractivity contribution in [3.8, 4) is 0 Å². The van der Waals surface area contributed by atoms with Crippen LogP contribution in [0.15, 0.2) is 60.8 Å². The van der Waals surface area contributed by atoms with E-state index in [-0.39, 0.29) is 11.7 Å². The number of amides is 1. The molecule has 0 unspecified atom stereocenters. The minimum atomic E-state index is -0.302. The predicted octanol–water partition coefficient (Wildman–Crippen LogP) is 4.94. The molecule has 3 nitrogen and oxygen atoms in total. The summed E-state index contributed by atoms with van der Waals surface area (Å²) in [7, 11) is 0. The number of aromatic amines is 1. The highest BCUT2D eigenvalue weighted by Gasteiger charge is 2.18. The second-order valence-corrected chi connectivity index (χ2v) is 6.85. The Morgan fingerprint density at radius 1 is 1.22 bits per heavy atom. The van der Waals surface area contributed by atoms with Gasteiger partial charge in [0.05, 0.1) is 0 Å². The van der Waals surface area contributed by atoms with Gasteiger partial charge in [0.15, 0.2) is 0 Å². The number of nitrogens with zero attached hydrogens (tertiary/aromatic N) is 1. The van der Waals surface area contributed by atoms with E-state index in [0.717, 1.165) is 6.42 Å². The van der Waals surface area contributed by atoms with Crippen molar-refractivity contribution in [1.82, 2.24) is 9.88 Å². The number of carbonyl (C=O) groups excluding carboxylic acids is 1. The summed E-state index contributed by atoms with van der Waals surface area (Å²) in [5.74, 6) is -0.353. The monoisotopic (exact) mass is 360 g/mol. The summed E-state index contributed by atoms with van der Waals surface area (Å²) in [5, 5.41) is 1.23. The average molecular weight is 360 g/mol. The van der Waals surface area contributed by atoms with Crippen LogP contribution in [0.3, 0.4) is 0 Å². The molecule has 3 aromatic rings. The Balaban J connectivity index is 1.48. The van der Waals surface area contributed by atoms with E-state index in [1.165, 1.54) is 45.8 Å². The van der Waals surface area contributed by atoms with E-state index >= 15 is 0 Å². The van der Waals surface area contributed by atoms with Crippen LogP contribution in [0, 0.1) is 12.7 Å². The highest BCUT2D eigenvalue weighted by atomic mass is 19.1. The number of H-pyrrole nitrogens is 1. The van der Waals surface area contributed by atoms with Crippen molar-refractivity contribution in [2.24, 2.45) is 0 Å². The SMILES string of the molecule is Cc1cccc2c(C3=CCN(C(=O)/C=C/c4cccc(F)c4)CC3)c[nH]c12. The van der Waals surface area contributed by atoms with Crippen molar-refractivity contribution >= 4 is 28.5 Å². The number of rotatable bonds is 3. The highest BCUT2D eigenvalue weighted by Crippen LogP contribution is 2.30. The van der Waals surface area contributed by atoms with Crippen LogP contribution in [0.2, 0.25) is 0 Å². The van der Waals surface area contributed by atoms with E-state index in [4.69, 9.17) is 0 Å². The van der Waals surface area contributed by atoms with Crippen LogP contribution in [0.1, 0.15) is 23.1 Å². The number of aryl methyl sites for hydroxylation is 1. The van der Waals surface area contributed by atoms with Crippen LogP contribution in [0.4, 0.5) is 4.39 Å². The van der Waals surface area contributed by atoms with Gasteiger partial charge in [-0.2, -0.15) is 0 Å². The summed E-state index contributed by atoms with van der Waals surface area (Å²) in [4.78, 5) is 17.6. The lowest BCUT2D eigenvalue weighted by atomic mass is 9.98. The summed E-state index contributed by atoms with van der Waals surface area (Å²) in [6.45, 7) is 3.36. The predicted molar refractivity (Wildman–Crippen MR) is 108 cm³/mol. The van der Waals surface area contributed by atoms with Crippen molar-refractivity contribution in [3.63, 3.8) is 0 Å². The topological polar surface area (TPSA) is 36.1 Å². The molecule has 1 aliphatic heterocycles. The quantitative estimate of drug-likeness (QED) is 0.660. The molecule has 0 radical (unpaired) electrons. The number of para-hydroxylation sites is 1. The lowest BCUT2D eigenvalue weighted by molar-refractivity contribution is -0.125. The number of halogens is 1. The summed E-state index contributed by atoms with van der Waals surface area (Å²) in [6.07, 6.45) is 8.18. The maximum atomic E-state index is 13.2. The fourth-order valence-electron chi connectivity index (χ4n) is 3.57. The third-order valence-corrected chi connectivity index (χ3v) is 5.06. The Morgan fingerprint density at radius 2 is 2.07 bits per heavy atom. The highest BCUT2D eigenvalue weighted by molar-refractivity contribution is 5.95. The van der Waals surface area contributed by atoms with Gasteiger partial charge < -0.3 is 9.88 Å². The van der Waals surface area contributed by atoms with Gasteiger partial charge in [-0.25, -0.2) is 4.39 Å².